The maximum Gasteiger partial charge on any atom is 0.234 e. The Hall–Kier alpha value is -1.20. The smallest absolute Gasteiger partial charge is 0.234 e. The van der Waals surface area contributed by atoms with Crippen LogP contribution in [0.3, 0.4) is 0 Å². The summed E-state index contributed by atoms with van der Waals surface area (Å²) in [5.74, 6) is 2.11. The van der Waals surface area contributed by atoms with E-state index in [0.717, 1.165) is 23.6 Å². The van der Waals surface area contributed by atoms with Gasteiger partial charge in [-0.2, -0.15) is 11.8 Å². The van der Waals surface area contributed by atoms with E-state index >= 15 is 0 Å². The molecule has 94 valence electrons. The van der Waals surface area contributed by atoms with E-state index in [1.54, 1.807) is 24.9 Å². The Morgan fingerprint density at radius 2 is 2.35 bits per heavy atom. The second-order valence-corrected chi connectivity index (χ2v) is 4.58. The molecule has 3 N–H and O–H groups in total. The normalized spacial score (nSPS) is 10.0. The molecule has 1 amide bonds. The lowest BCUT2D eigenvalue weighted by atomic mass is 10.3. The first-order valence-electron chi connectivity index (χ1n) is 5.48. The number of benzene rings is 1. The van der Waals surface area contributed by atoms with Crippen molar-refractivity contribution >= 4 is 23.4 Å². The summed E-state index contributed by atoms with van der Waals surface area (Å²) < 4.78 is 5.08. The Bertz CT molecular complexity index is 358. The van der Waals surface area contributed by atoms with Crippen molar-refractivity contribution in [2.75, 3.05) is 30.5 Å². The highest BCUT2D eigenvalue weighted by Crippen LogP contribution is 2.16. The molecule has 0 atom stereocenters. The molecule has 4 nitrogen and oxygen atoms in total. The number of hydrogen-bond donors (Lipinski definition) is 2. The molecular weight excluding hydrogens is 236 g/mol. The summed E-state index contributed by atoms with van der Waals surface area (Å²) in [6.45, 7) is 0.671. The van der Waals surface area contributed by atoms with Crippen molar-refractivity contribution in [3.05, 3.63) is 24.3 Å². The van der Waals surface area contributed by atoms with Gasteiger partial charge in [-0.25, -0.2) is 0 Å². The zero-order chi connectivity index (χ0) is 12.5. The van der Waals surface area contributed by atoms with E-state index in [4.69, 9.17) is 10.5 Å². The van der Waals surface area contributed by atoms with E-state index in [1.807, 2.05) is 18.2 Å². The molecule has 0 aliphatic heterocycles. The number of carbonyl (C=O) groups excluding carboxylic acids is 1. The number of ether oxygens (including phenoxy) is 1. The molecule has 0 fully saturated rings. The molecule has 1 rings (SSSR count). The fraction of sp³-hybridized carbons (Fsp3) is 0.417. The van der Waals surface area contributed by atoms with Crippen molar-refractivity contribution in [2.24, 2.45) is 5.73 Å². The fourth-order valence-electron chi connectivity index (χ4n) is 1.25. The lowest BCUT2D eigenvalue weighted by Crippen LogP contribution is -2.14. The van der Waals surface area contributed by atoms with Gasteiger partial charge in [0.1, 0.15) is 5.75 Å². The van der Waals surface area contributed by atoms with Crippen LogP contribution in [0, 0.1) is 0 Å². The van der Waals surface area contributed by atoms with Crippen LogP contribution in [0.1, 0.15) is 6.42 Å². The van der Waals surface area contributed by atoms with Gasteiger partial charge in [0.05, 0.1) is 12.9 Å². The number of nitrogens with two attached hydrogens (primary N) is 1. The van der Waals surface area contributed by atoms with Gasteiger partial charge in [-0.15, -0.1) is 0 Å². The van der Waals surface area contributed by atoms with Crippen LogP contribution in [0.5, 0.6) is 5.75 Å². The molecule has 1 aromatic carbocycles. The molecule has 0 radical (unpaired) electrons. The number of methoxy groups -OCH3 is 1. The quantitative estimate of drug-likeness (QED) is 0.727. The second kappa shape index (κ2) is 7.97. The summed E-state index contributed by atoms with van der Waals surface area (Å²) in [7, 11) is 1.60. The van der Waals surface area contributed by atoms with Crippen molar-refractivity contribution < 1.29 is 9.53 Å². The summed E-state index contributed by atoms with van der Waals surface area (Å²) in [5, 5.41) is 2.82. The number of anilines is 1. The Balaban J connectivity index is 2.34. The predicted octanol–water partition coefficient (Wildman–Crippen LogP) is 1.72. The van der Waals surface area contributed by atoms with Gasteiger partial charge in [0, 0.05) is 11.8 Å². The number of nitrogens with one attached hydrogen (secondary N) is 1. The summed E-state index contributed by atoms with van der Waals surface area (Å²) in [6, 6.07) is 7.31. The summed E-state index contributed by atoms with van der Waals surface area (Å²) in [4.78, 5) is 11.6. The topological polar surface area (TPSA) is 64.3 Å². The van der Waals surface area contributed by atoms with E-state index in [1.165, 1.54) is 0 Å². The van der Waals surface area contributed by atoms with Gasteiger partial charge in [-0.1, -0.05) is 6.07 Å². The van der Waals surface area contributed by atoms with Gasteiger partial charge in [0.25, 0.3) is 0 Å². The first kappa shape index (κ1) is 13.9. The molecule has 5 heteroatoms. The number of carbonyl (C=O) groups is 1. The Morgan fingerprint density at radius 1 is 1.53 bits per heavy atom. The molecule has 1 aromatic rings. The van der Waals surface area contributed by atoms with Gasteiger partial charge in [-0.3, -0.25) is 4.79 Å². The van der Waals surface area contributed by atoms with Crippen LogP contribution < -0.4 is 15.8 Å². The summed E-state index contributed by atoms with van der Waals surface area (Å²) in [6.07, 6.45) is 0.942. The number of amides is 1. The third-order valence-electron chi connectivity index (χ3n) is 2.08. The Labute approximate surface area is 106 Å². The molecule has 0 aliphatic carbocycles. The molecule has 17 heavy (non-hydrogen) atoms. The number of rotatable bonds is 7. The van der Waals surface area contributed by atoms with Crippen LogP contribution in [0.4, 0.5) is 5.69 Å². The minimum absolute atomic E-state index is 0.000254. The molecule has 0 aromatic heterocycles. The van der Waals surface area contributed by atoms with Crippen molar-refractivity contribution in [2.45, 2.75) is 6.42 Å². The molecule has 0 heterocycles. The van der Waals surface area contributed by atoms with Gasteiger partial charge in [0.15, 0.2) is 0 Å². The maximum absolute atomic E-state index is 11.6. The van der Waals surface area contributed by atoms with E-state index < -0.39 is 0 Å². The van der Waals surface area contributed by atoms with E-state index in [0.29, 0.717) is 12.3 Å². The monoisotopic (exact) mass is 254 g/mol. The van der Waals surface area contributed by atoms with Crippen molar-refractivity contribution in [3.63, 3.8) is 0 Å². The van der Waals surface area contributed by atoms with E-state index in [-0.39, 0.29) is 5.91 Å². The Morgan fingerprint density at radius 3 is 3.06 bits per heavy atom. The largest absolute Gasteiger partial charge is 0.497 e. The highest BCUT2D eigenvalue weighted by atomic mass is 32.2. The molecule has 0 saturated carbocycles. The first-order valence-corrected chi connectivity index (χ1v) is 6.63. The highest BCUT2D eigenvalue weighted by Gasteiger charge is 2.03. The lowest BCUT2D eigenvalue weighted by Gasteiger charge is -2.06. The standard InChI is InChI=1S/C12H18N2O2S/c1-16-11-5-2-4-10(8-11)14-12(15)9-17-7-3-6-13/h2,4-5,8H,3,6-7,9,13H2,1H3,(H,14,15). The minimum Gasteiger partial charge on any atom is -0.497 e. The Kier molecular flexibility index (Phi) is 6.50. The van der Waals surface area contributed by atoms with Gasteiger partial charge < -0.3 is 15.8 Å². The number of hydrogen-bond acceptors (Lipinski definition) is 4. The fourth-order valence-corrected chi connectivity index (χ4v) is 2.02. The van der Waals surface area contributed by atoms with E-state index in [9.17, 15) is 4.79 Å². The van der Waals surface area contributed by atoms with Gasteiger partial charge >= 0.3 is 0 Å². The average molecular weight is 254 g/mol. The van der Waals surface area contributed by atoms with Crippen LogP contribution in [0.25, 0.3) is 0 Å². The number of thioether (sulfide) groups is 1. The molecular formula is C12H18N2O2S. The van der Waals surface area contributed by atoms with Crippen molar-refractivity contribution in [1.82, 2.24) is 0 Å². The predicted molar refractivity (Wildman–Crippen MR) is 72.6 cm³/mol. The SMILES string of the molecule is COc1cccc(NC(=O)CSCCCN)c1. The van der Waals surface area contributed by atoms with Crippen LogP contribution in [0.2, 0.25) is 0 Å². The van der Waals surface area contributed by atoms with Crippen LogP contribution in [0.15, 0.2) is 24.3 Å². The van der Waals surface area contributed by atoms with Gasteiger partial charge in [0.2, 0.25) is 5.91 Å². The van der Waals surface area contributed by atoms with Gasteiger partial charge in [-0.05, 0) is 30.9 Å². The molecule has 0 unspecified atom stereocenters. The lowest BCUT2D eigenvalue weighted by molar-refractivity contribution is -0.113. The van der Waals surface area contributed by atoms with Crippen LogP contribution in [-0.2, 0) is 4.79 Å². The maximum atomic E-state index is 11.6. The van der Waals surface area contributed by atoms with Crippen LogP contribution >= 0.6 is 11.8 Å². The van der Waals surface area contributed by atoms with E-state index in [2.05, 4.69) is 5.32 Å². The zero-order valence-corrected chi connectivity index (χ0v) is 10.8. The highest BCUT2D eigenvalue weighted by molar-refractivity contribution is 7.99. The zero-order valence-electron chi connectivity index (χ0n) is 9.94. The minimum atomic E-state index is 0.000254. The first-order chi connectivity index (χ1) is 8.26. The van der Waals surface area contributed by atoms with Crippen LogP contribution in [-0.4, -0.2) is 31.1 Å². The third-order valence-corrected chi connectivity index (χ3v) is 3.12. The molecule has 0 spiro atoms. The average Bonchev–Trinajstić information content (AvgIpc) is 2.35. The second-order valence-electron chi connectivity index (χ2n) is 3.47. The summed E-state index contributed by atoms with van der Waals surface area (Å²) >= 11 is 1.59. The summed E-state index contributed by atoms with van der Waals surface area (Å²) in [5.41, 5.74) is 6.13. The molecule has 0 saturated heterocycles. The molecule has 0 bridgehead atoms. The molecule has 0 aliphatic rings. The van der Waals surface area contributed by atoms with Crippen molar-refractivity contribution in [1.29, 1.82) is 0 Å². The van der Waals surface area contributed by atoms with Crippen molar-refractivity contribution in [3.8, 4) is 5.75 Å². The third kappa shape index (κ3) is 5.60.